The highest BCUT2D eigenvalue weighted by Gasteiger charge is 1.99. The Morgan fingerprint density at radius 1 is 0.467 bits per heavy atom. The van der Waals surface area contributed by atoms with Gasteiger partial charge in [0.25, 0.3) is 0 Å². The molecule has 176 valence electrons. The number of hydrogen-bond donors (Lipinski definition) is 0. The summed E-state index contributed by atoms with van der Waals surface area (Å²) in [4.78, 5) is 0. The molecular weight excluding hydrogens is 360 g/mol. The van der Waals surface area contributed by atoms with Gasteiger partial charge in [-0.15, -0.1) is 11.8 Å². The van der Waals surface area contributed by atoms with E-state index in [-0.39, 0.29) is 0 Å². The van der Waals surface area contributed by atoms with Crippen molar-refractivity contribution in [1.82, 2.24) is 0 Å². The molecule has 0 amide bonds. The van der Waals surface area contributed by atoms with Gasteiger partial charge in [-0.2, -0.15) is 0 Å². The van der Waals surface area contributed by atoms with Gasteiger partial charge in [-0.25, -0.2) is 0 Å². The Kier molecular flexibility index (Phi) is 26.2. The van der Waals surface area contributed by atoms with E-state index >= 15 is 0 Å². The Hall–Kier alpha value is -0.440. The molecule has 0 heterocycles. The molecule has 0 N–H and O–H groups in total. The molecule has 0 aliphatic heterocycles. The Morgan fingerprint density at radius 2 is 0.833 bits per heavy atom. The smallest absolute Gasteiger partial charge is 0.0114 e. The molecule has 0 fully saturated rings. The molecule has 0 saturated heterocycles. The van der Waals surface area contributed by atoms with Gasteiger partial charge in [0.2, 0.25) is 0 Å². The van der Waals surface area contributed by atoms with Crippen LogP contribution in [0.15, 0.2) is 0 Å². The van der Waals surface area contributed by atoms with E-state index in [0.717, 1.165) is 31.6 Å². The fourth-order valence-corrected chi connectivity index (χ4v) is 4.15. The van der Waals surface area contributed by atoms with Crippen molar-refractivity contribution in [3.8, 4) is 11.8 Å². The van der Waals surface area contributed by atoms with Gasteiger partial charge < -0.3 is 0 Å². The second-order valence-electron chi connectivity index (χ2n) is 9.63. The lowest BCUT2D eigenvalue weighted by molar-refractivity contribution is 0.501. The van der Waals surface area contributed by atoms with Crippen LogP contribution in [0.25, 0.3) is 0 Å². The molecule has 30 heavy (non-hydrogen) atoms. The standard InChI is InChI=1S/C30H56/c1-4-6-8-10-11-12-13-14-15-16-17-18-19-20-21-22-23-24-25-27-29-30(3)28-26-9-7-5-2/h30H,1-2,4-24,26,28-29H2,3H3. The summed E-state index contributed by atoms with van der Waals surface area (Å²) in [6.45, 7) is 10.2. The van der Waals surface area contributed by atoms with E-state index in [4.69, 9.17) is 0 Å². The average Bonchev–Trinajstić information content (AvgIpc) is 2.75. The molecule has 0 heteroatoms. The zero-order valence-corrected chi connectivity index (χ0v) is 21.0. The Labute approximate surface area is 192 Å². The van der Waals surface area contributed by atoms with Crippen LogP contribution < -0.4 is 0 Å². The number of hydrogen-bond acceptors (Lipinski definition) is 0. The second-order valence-corrected chi connectivity index (χ2v) is 9.63. The minimum Gasteiger partial charge on any atom is -0.103 e. The summed E-state index contributed by atoms with van der Waals surface area (Å²) in [5.41, 5.74) is 0. The van der Waals surface area contributed by atoms with Crippen LogP contribution in [-0.2, 0) is 0 Å². The van der Waals surface area contributed by atoms with Crippen LogP contribution in [0.3, 0.4) is 0 Å². The van der Waals surface area contributed by atoms with Crippen molar-refractivity contribution in [3.63, 3.8) is 0 Å². The molecule has 0 saturated carbocycles. The van der Waals surface area contributed by atoms with Crippen molar-refractivity contribution < 1.29 is 0 Å². The lowest BCUT2D eigenvalue weighted by Gasteiger charge is -2.06. The Balaban J connectivity index is 3.16. The van der Waals surface area contributed by atoms with Crippen LogP contribution in [0.2, 0.25) is 0 Å². The summed E-state index contributed by atoms with van der Waals surface area (Å²) >= 11 is 0. The molecule has 0 aromatic rings. The van der Waals surface area contributed by atoms with Gasteiger partial charge in [0.1, 0.15) is 0 Å². The summed E-state index contributed by atoms with van der Waals surface area (Å²) in [5, 5.41) is 0. The molecule has 0 aromatic heterocycles. The topological polar surface area (TPSA) is 0 Å². The molecule has 1 unspecified atom stereocenters. The van der Waals surface area contributed by atoms with Gasteiger partial charge in [0.05, 0.1) is 0 Å². The first-order valence-corrected chi connectivity index (χ1v) is 13.9. The molecule has 0 rings (SSSR count). The Bertz CT molecular complexity index is 358. The summed E-state index contributed by atoms with van der Waals surface area (Å²) in [7, 11) is 0. The fourth-order valence-electron chi connectivity index (χ4n) is 4.15. The molecular formula is C30H56. The minimum absolute atomic E-state index is 0.774. The largest absolute Gasteiger partial charge is 0.103 e. The molecule has 0 nitrogen and oxygen atoms in total. The van der Waals surface area contributed by atoms with Crippen molar-refractivity contribution in [1.29, 1.82) is 0 Å². The van der Waals surface area contributed by atoms with E-state index in [1.54, 1.807) is 0 Å². The maximum Gasteiger partial charge on any atom is 0.0114 e. The number of unbranched alkanes of at least 4 members (excludes halogenated alkanes) is 20. The highest BCUT2D eigenvalue weighted by atomic mass is 14.0. The molecule has 0 aliphatic carbocycles. The van der Waals surface area contributed by atoms with E-state index < -0.39 is 0 Å². The van der Waals surface area contributed by atoms with Crippen molar-refractivity contribution in [2.75, 3.05) is 0 Å². The highest BCUT2D eigenvalue weighted by Crippen LogP contribution is 2.15. The average molecular weight is 417 g/mol. The summed E-state index contributed by atoms with van der Waals surface area (Å²) in [5.74, 6) is 7.60. The van der Waals surface area contributed by atoms with Crippen molar-refractivity contribution >= 4 is 0 Å². The predicted octanol–water partition coefficient (Wildman–Crippen LogP) is 10.7. The van der Waals surface area contributed by atoms with E-state index in [1.165, 1.54) is 128 Å². The van der Waals surface area contributed by atoms with Crippen molar-refractivity contribution in [2.45, 2.75) is 161 Å². The molecule has 0 aromatic carbocycles. The Morgan fingerprint density at radius 3 is 1.27 bits per heavy atom. The zero-order chi connectivity index (χ0) is 22.0. The predicted molar refractivity (Wildman–Crippen MR) is 138 cm³/mol. The fraction of sp³-hybridized carbons (Fsp3) is 0.867. The van der Waals surface area contributed by atoms with Gasteiger partial charge in [-0.3, -0.25) is 0 Å². The molecule has 2 radical (unpaired) electrons. The van der Waals surface area contributed by atoms with Crippen LogP contribution in [0.5, 0.6) is 0 Å². The summed E-state index contributed by atoms with van der Waals surface area (Å²) in [6.07, 6.45) is 32.6. The normalized spacial score (nSPS) is 12.0. The van der Waals surface area contributed by atoms with Crippen molar-refractivity contribution in [3.05, 3.63) is 13.8 Å². The maximum absolute atomic E-state index is 3.91. The lowest BCUT2D eigenvalue weighted by Crippen LogP contribution is -1.92. The maximum atomic E-state index is 3.91. The monoisotopic (exact) mass is 416 g/mol. The molecule has 1 atom stereocenters. The minimum atomic E-state index is 0.774. The first kappa shape index (κ1) is 29.6. The molecule has 0 aliphatic rings. The molecule has 0 spiro atoms. The van der Waals surface area contributed by atoms with Gasteiger partial charge in [-0.1, -0.05) is 149 Å². The second kappa shape index (κ2) is 26.6. The summed E-state index contributed by atoms with van der Waals surface area (Å²) < 4.78 is 0. The van der Waals surface area contributed by atoms with E-state index in [0.29, 0.717) is 0 Å². The van der Waals surface area contributed by atoms with Crippen LogP contribution in [0, 0.1) is 31.6 Å². The summed E-state index contributed by atoms with van der Waals surface area (Å²) in [6, 6.07) is 0. The third-order valence-corrected chi connectivity index (χ3v) is 6.32. The van der Waals surface area contributed by atoms with Gasteiger partial charge in [0.15, 0.2) is 0 Å². The third-order valence-electron chi connectivity index (χ3n) is 6.32. The van der Waals surface area contributed by atoms with Gasteiger partial charge in [0, 0.05) is 12.8 Å². The van der Waals surface area contributed by atoms with E-state index in [9.17, 15) is 0 Å². The first-order valence-electron chi connectivity index (χ1n) is 13.9. The van der Waals surface area contributed by atoms with Crippen LogP contribution in [-0.4, -0.2) is 0 Å². The first-order chi connectivity index (χ1) is 14.8. The third kappa shape index (κ3) is 25.6. The van der Waals surface area contributed by atoms with Crippen molar-refractivity contribution in [2.24, 2.45) is 5.92 Å². The highest BCUT2D eigenvalue weighted by molar-refractivity contribution is 4.99. The lowest BCUT2D eigenvalue weighted by atomic mass is 9.99. The van der Waals surface area contributed by atoms with Gasteiger partial charge >= 0.3 is 0 Å². The van der Waals surface area contributed by atoms with E-state index in [2.05, 4.69) is 32.6 Å². The van der Waals surface area contributed by atoms with Crippen LogP contribution in [0.4, 0.5) is 0 Å². The zero-order valence-electron chi connectivity index (χ0n) is 21.0. The van der Waals surface area contributed by atoms with E-state index in [1.807, 2.05) is 0 Å². The SMILES string of the molecule is [CH2]CCCCCCCCCCCCCCCCCCC#CCC(C)CCCCC[CH2]. The number of rotatable bonds is 23. The van der Waals surface area contributed by atoms with Crippen LogP contribution >= 0.6 is 0 Å². The van der Waals surface area contributed by atoms with Gasteiger partial charge in [-0.05, 0) is 18.8 Å². The quantitative estimate of drug-likeness (QED) is 0.115. The molecule has 0 bridgehead atoms. The van der Waals surface area contributed by atoms with Crippen LogP contribution in [0.1, 0.15) is 161 Å².